The summed E-state index contributed by atoms with van der Waals surface area (Å²) in [5, 5.41) is 14.1. The third-order valence-corrected chi connectivity index (χ3v) is 4.92. The van der Waals surface area contributed by atoms with E-state index in [2.05, 4.69) is 10.2 Å². The highest BCUT2D eigenvalue weighted by molar-refractivity contribution is 6.31. The molecule has 1 amide bonds. The molecule has 1 aromatic carbocycles. The maximum absolute atomic E-state index is 11.8. The molecule has 1 heterocycles. The van der Waals surface area contributed by atoms with Crippen LogP contribution in [0, 0.1) is 5.92 Å². The molecule has 1 atom stereocenters. The number of rotatable bonds is 5. The molecule has 2 N–H and O–H groups in total. The molecule has 1 aliphatic heterocycles. The number of carbonyl (C=O) groups excluding carboxylic acids is 1. The first kappa shape index (κ1) is 15.8. The van der Waals surface area contributed by atoms with Gasteiger partial charge in [-0.05, 0) is 31.7 Å². The molecule has 0 aromatic heterocycles. The molecule has 1 unspecified atom stereocenters. The van der Waals surface area contributed by atoms with Gasteiger partial charge in [0.2, 0.25) is 5.91 Å². The number of likely N-dealkylation sites (tertiary alicyclic amines) is 1. The van der Waals surface area contributed by atoms with E-state index in [0.29, 0.717) is 17.6 Å². The fraction of sp³-hybridized carbons (Fsp3) is 0.588. The van der Waals surface area contributed by atoms with Crippen LogP contribution >= 0.6 is 11.6 Å². The summed E-state index contributed by atoms with van der Waals surface area (Å²) in [4.78, 5) is 14.0. The lowest BCUT2D eigenvalue weighted by molar-refractivity contribution is -0.123. The van der Waals surface area contributed by atoms with Crippen LogP contribution in [0.15, 0.2) is 24.3 Å². The molecule has 1 aliphatic carbocycles. The normalized spacial score (nSPS) is 21.5. The Morgan fingerprint density at radius 3 is 2.59 bits per heavy atom. The number of hydrogen-bond donors (Lipinski definition) is 2. The minimum Gasteiger partial charge on any atom is -0.387 e. The summed E-state index contributed by atoms with van der Waals surface area (Å²) in [6, 6.07) is 7.73. The summed E-state index contributed by atoms with van der Waals surface area (Å²) >= 11 is 6.13. The van der Waals surface area contributed by atoms with Crippen molar-refractivity contribution in [2.45, 2.75) is 37.8 Å². The Labute approximate surface area is 136 Å². The van der Waals surface area contributed by atoms with Gasteiger partial charge in [-0.15, -0.1) is 0 Å². The van der Waals surface area contributed by atoms with Crippen LogP contribution in [0.25, 0.3) is 0 Å². The lowest BCUT2D eigenvalue weighted by Gasteiger charge is -2.33. The fourth-order valence-electron chi connectivity index (χ4n) is 3.01. The number of benzene rings is 1. The molecule has 120 valence electrons. The number of nitrogens with zero attached hydrogens (tertiary/aromatic N) is 1. The van der Waals surface area contributed by atoms with E-state index < -0.39 is 6.10 Å². The van der Waals surface area contributed by atoms with Crippen molar-refractivity contribution in [3.63, 3.8) is 0 Å². The molecule has 1 aromatic rings. The average Bonchev–Trinajstić information content (AvgIpc) is 3.34. The molecule has 2 fully saturated rings. The maximum Gasteiger partial charge on any atom is 0.223 e. The van der Waals surface area contributed by atoms with Crippen LogP contribution in [0.3, 0.4) is 0 Å². The van der Waals surface area contributed by atoms with E-state index in [0.717, 1.165) is 44.3 Å². The molecule has 0 radical (unpaired) electrons. The first-order valence-corrected chi connectivity index (χ1v) is 8.46. The number of aliphatic hydroxyl groups excluding tert-OH is 1. The van der Waals surface area contributed by atoms with E-state index in [1.54, 1.807) is 6.07 Å². The van der Waals surface area contributed by atoms with Crippen molar-refractivity contribution in [2.75, 3.05) is 19.6 Å². The van der Waals surface area contributed by atoms with Gasteiger partial charge >= 0.3 is 0 Å². The number of piperidine rings is 1. The van der Waals surface area contributed by atoms with Crippen molar-refractivity contribution in [3.8, 4) is 0 Å². The summed E-state index contributed by atoms with van der Waals surface area (Å²) in [5.41, 5.74) is 0.785. The first-order chi connectivity index (χ1) is 10.6. The molecule has 0 spiro atoms. The first-order valence-electron chi connectivity index (χ1n) is 8.08. The predicted octanol–water partition coefficient (Wildman–Crippen LogP) is 2.36. The number of nitrogens with one attached hydrogen (secondary N) is 1. The Bertz CT molecular complexity index is 525. The number of carbonyl (C=O) groups is 1. The van der Waals surface area contributed by atoms with Crippen LogP contribution in [0.4, 0.5) is 0 Å². The highest BCUT2D eigenvalue weighted by Crippen LogP contribution is 2.29. The number of β-amino-alcohol motifs (C(OH)–C–C–N with tert-alkyl or cyclic N) is 1. The summed E-state index contributed by atoms with van der Waals surface area (Å²) in [5.74, 6) is 0.509. The molecule has 5 heteroatoms. The Morgan fingerprint density at radius 1 is 1.27 bits per heavy atom. The number of halogens is 1. The average molecular weight is 323 g/mol. The van der Waals surface area contributed by atoms with Gasteiger partial charge in [0, 0.05) is 42.2 Å². The van der Waals surface area contributed by atoms with Crippen molar-refractivity contribution in [3.05, 3.63) is 34.9 Å². The third-order valence-electron chi connectivity index (χ3n) is 4.58. The lowest BCUT2D eigenvalue weighted by Crippen LogP contribution is -2.46. The molecule has 1 saturated heterocycles. The van der Waals surface area contributed by atoms with Gasteiger partial charge in [-0.1, -0.05) is 29.8 Å². The zero-order chi connectivity index (χ0) is 15.5. The Morgan fingerprint density at radius 2 is 1.95 bits per heavy atom. The van der Waals surface area contributed by atoms with Gasteiger partial charge in [-0.2, -0.15) is 0 Å². The second-order valence-corrected chi connectivity index (χ2v) is 6.80. The minimum absolute atomic E-state index is 0.231. The number of aliphatic hydroxyl groups is 1. The van der Waals surface area contributed by atoms with Crippen LogP contribution in [0.1, 0.15) is 37.4 Å². The van der Waals surface area contributed by atoms with Crippen LogP contribution < -0.4 is 5.32 Å². The maximum atomic E-state index is 11.8. The number of amides is 1. The molecule has 1 saturated carbocycles. The van der Waals surface area contributed by atoms with E-state index in [-0.39, 0.29) is 11.8 Å². The van der Waals surface area contributed by atoms with Crippen LogP contribution in [0.2, 0.25) is 5.02 Å². The Balaban J connectivity index is 1.45. The largest absolute Gasteiger partial charge is 0.387 e. The Hall–Kier alpha value is -1.10. The minimum atomic E-state index is -0.564. The van der Waals surface area contributed by atoms with Gasteiger partial charge in [0.05, 0.1) is 6.10 Å². The lowest BCUT2D eigenvalue weighted by atomic mass is 10.0. The molecule has 22 heavy (non-hydrogen) atoms. The van der Waals surface area contributed by atoms with Crippen molar-refractivity contribution in [2.24, 2.45) is 5.92 Å². The number of hydrogen-bond acceptors (Lipinski definition) is 3. The van der Waals surface area contributed by atoms with Gasteiger partial charge in [-0.25, -0.2) is 0 Å². The van der Waals surface area contributed by atoms with Crippen LogP contribution in [-0.2, 0) is 4.79 Å². The summed E-state index contributed by atoms with van der Waals surface area (Å²) in [6.07, 6.45) is 3.44. The van der Waals surface area contributed by atoms with E-state index in [4.69, 9.17) is 11.6 Å². The smallest absolute Gasteiger partial charge is 0.223 e. The molecule has 3 rings (SSSR count). The van der Waals surface area contributed by atoms with Crippen molar-refractivity contribution >= 4 is 17.5 Å². The third kappa shape index (κ3) is 4.00. The van der Waals surface area contributed by atoms with Crippen LogP contribution in [-0.4, -0.2) is 41.6 Å². The quantitative estimate of drug-likeness (QED) is 0.875. The highest BCUT2D eigenvalue weighted by Gasteiger charge is 2.32. The van der Waals surface area contributed by atoms with E-state index in [1.165, 1.54) is 0 Å². The molecular weight excluding hydrogens is 300 g/mol. The summed E-state index contributed by atoms with van der Waals surface area (Å²) < 4.78 is 0. The molecular formula is C17H23ClN2O2. The van der Waals surface area contributed by atoms with Gasteiger partial charge in [0.15, 0.2) is 0 Å². The SMILES string of the molecule is O=C(NC1CCN(CC(O)c2ccccc2Cl)CC1)C1CC1. The summed E-state index contributed by atoms with van der Waals surface area (Å²) in [7, 11) is 0. The van der Waals surface area contributed by atoms with Gasteiger partial charge in [0.25, 0.3) is 0 Å². The predicted molar refractivity (Wildman–Crippen MR) is 86.7 cm³/mol. The van der Waals surface area contributed by atoms with Crippen LogP contribution in [0.5, 0.6) is 0 Å². The van der Waals surface area contributed by atoms with Crippen molar-refractivity contribution < 1.29 is 9.90 Å². The molecule has 4 nitrogen and oxygen atoms in total. The highest BCUT2D eigenvalue weighted by atomic mass is 35.5. The second kappa shape index (κ2) is 6.99. The van der Waals surface area contributed by atoms with E-state index in [9.17, 15) is 9.90 Å². The zero-order valence-corrected chi connectivity index (χ0v) is 13.4. The zero-order valence-electron chi connectivity index (χ0n) is 12.7. The van der Waals surface area contributed by atoms with Gasteiger partial charge in [0.1, 0.15) is 0 Å². The van der Waals surface area contributed by atoms with E-state index >= 15 is 0 Å². The van der Waals surface area contributed by atoms with E-state index in [1.807, 2.05) is 18.2 Å². The van der Waals surface area contributed by atoms with Crippen molar-refractivity contribution in [1.29, 1.82) is 0 Å². The molecule has 2 aliphatic rings. The van der Waals surface area contributed by atoms with Gasteiger partial charge < -0.3 is 15.3 Å². The fourth-order valence-corrected chi connectivity index (χ4v) is 3.27. The standard InChI is InChI=1S/C17H23ClN2O2/c18-15-4-2-1-3-14(15)16(21)11-20-9-7-13(8-10-20)19-17(22)12-5-6-12/h1-4,12-13,16,21H,5-11H2,(H,19,22). The monoisotopic (exact) mass is 322 g/mol. The topological polar surface area (TPSA) is 52.6 Å². The summed E-state index contributed by atoms with van der Waals surface area (Å²) in [6.45, 7) is 2.39. The van der Waals surface area contributed by atoms with Crippen molar-refractivity contribution in [1.82, 2.24) is 10.2 Å². The second-order valence-electron chi connectivity index (χ2n) is 6.40. The molecule has 0 bridgehead atoms. The van der Waals surface area contributed by atoms with Gasteiger partial charge in [-0.3, -0.25) is 4.79 Å². The Kier molecular flexibility index (Phi) is 5.01.